The smallest absolute Gasteiger partial charge is 0.427 e. The molecule has 11 nitrogen and oxygen atoms in total. The van der Waals surface area contributed by atoms with Crippen molar-refractivity contribution in [2.45, 2.75) is 20.4 Å². The number of aromatic nitrogens is 1. The normalized spacial score (nSPS) is 13.7. The lowest BCUT2D eigenvalue weighted by Crippen LogP contribution is -2.50. The van der Waals surface area contributed by atoms with Gasteiger partial charge in [0.25, 0.3) is 5.91 Å². The highest BCUT2D eigenvalue weighted by molar-refractivity contribution is 5.80. The van der Waals surface area contributed by atoms with Crippen molar-refractivity contribution in [3.05, 3.63) is 39.8 Å². The van der Waals surface area contributed by atoms with Crippen LogP contribution in [0.2, 0.25) is 0 Å². The number of hydrogen-bond acceptors (Lipinski definition) is 8. The van der Waals surface area contributed by atoms with Gasteiger partial charge < -0.3 is 29.4 Å². The molecule has 0 bridgehead atoms. The molecule has 1 aliphatic heterocycles. The number of hydrogen-bond donors (Lipinski definition) is 2. The van der Waals surface area contributed by atoms with Crippen molar-refractivity contribution in [2.24, 2.45) is 0 Å². The molecular formula is C20H21F3N4O7. The van der Waals surface area contributed by atoms with Crippen molar-refractivity contribution in [1.82, 2.24) is 14.8 Å². The third kappa shape index (κ3) is 5.00. The molecule has 2 heterocycles. The summed E-state index contributed by atoms with van der Waals surface area (Å²) in [5.74, 6) is -8.30. The van der Waals surface area contributed by atoms with Crippen molar-refractivity contribution >= 4 is 23.5 Å². The number of nitrogens with zero attached hydrogens (tertiary/aromatic N) is 3. The van der Waals surface area contributed by atoms with Gasteiger partial charge in [-0.15, -0.1) is 0 Å². The van der Waals surface area contributed by atoms with Crippen LogP contribution in [0.5, 0.6) is 5.95 Å². The number of carbonyl (C=O) groups is 3. The van der Waals surface area contributed by atoms with Crippen molar-refractivity contribution in [2.75, 3.05) is 37.7 Å². The summed E-state index contributed by atoms with van der Waals surface area (Å²) >= 11 is 0. The number of anilines is 1. The Morgan fingerprint density at radius 3 is 2.35 bits per heavy atom. The molecule has 1 fully saturated rings. The Labute approximate surface area is 190 Å². The van der Waals surface area contributed by atoms with Gasteiger partial charge in [-0.25, -0.2) is 22.5 Å². The topological polar surface area (TPSA) is 134 Å². The van der Waals surface area contributed by atoms with Crippen LogP contribution in [0.3, 0.4) is 0 Å². The largest absolute Gasteiger partial charge is 0.479 e. The van der Waals surface area contributed by atoms with Crippen molar-refractivity contribution < 1.29 is 41.8 Å². The number of halogens is 3. The summed E-state index contributed by atoms with van der Waals surface area (Å²) in [5.41, 5.74) is -1.97. The Bertz CT molecular complexity index is 1190. The molecule has 1 aromatic heterocycles. The first-order valence-corrected chi connectivity index (χ1v) is 10.0. The number of piperazine rings is 1. The van der Waals surface area contributed by atoms with Crippen LogP contribution in [0.25, 0.3) is 5.69 Å². The van der Waals surface area contributed by atoms with Gasteiger partial charge in [-0.1, -0.05) is 0 Å². The molecule has 1 aliphatic rings. The Kier molecular flexibility index (Phi) is 7.17. The maximum Gasteiger partial charge on any atom is 0.427 e. The van der Waals surface area contributed by atoms with Crippen molar-refractivity contribution in [3.63, 3.8) is 0 Å². The fourth-order valence-electron chi connectivity index (χ4n) is 3.46. The van der Waals surface area contributed by atoms with Crippen LogP contribution in [-0.4, -0.2) is 65.1 Å². The summed E-state index contributed by atoms with van der Waals surface area (Å²) in [6, 6.07) is 0.569. The van der Waals surface area contributed by atoms with Gasteiger partial charge in [0.05, 0.1) is 12.2 Å². The number of rotatable bonds is 6. The number of amides is 2. The van der Waals surface area contributed by atoms with Crippen LogP contribution >= 0.6 is 0 Å². The third-order valence-electron chi connectivity index (χ3n) is 5.09. The van der Waals surface area contributed by atoms with Gasteiger partial charge in [-0.05, 0) is 0 Å². The highest BCUT2D eigenvalue weighted by Gasteiger charge is 2.30. The lowest BCUT2D eigenvalue weighted by atomic mass is 10.2. The Balaban J connectivity index is 1.87. The second-order valence-electron chi connectivity index (χ2n) is 7.37. The quantitative estimate of drug-likeness (QED) is 0.443. The summed E-state index contributed by atoms with van der Waals surface area (Å²) in [5, 5.41) is 12.1. The zero-order chi connectivity index (χ0) is 25.2. The predicted octanol–water partition coefficient (Wildman–Crippen LogP) is 0.401. The van der Waals surface area contributed by atoms with E-state index in [4.69, 9.17) is 0 Å². The minimum atomic E-state index is -1.59. The number of ether oxygens (including phenoxy) is 1. The minimum absolute atomic E-state index is 0.0400. The zero-order valence-electron chi connectivity index (χ0n) is 18.2. The van der Waals surface area contributed by atoms with E-state index in [9.17, 15) is 37.5 Å². The van der Waals surface area contributed by atoms with E-state index < -0.39 is 77.2 Å². The maximum absolute atomic E-state index is 15.0. The molecule has 0 radical (unpaired) electrons. The number of carbonyl (C=O) groups excluding carboxylic acids is 3. The van der Waals surface area contributed by atoms with Crippen LogP contribution in [-0.2, 0) is 25.7 Å². The standard InChI is InChI=1S/C20H21F3N4O7/c1-10(28)24-8-14-19(31)34-20(32)27(14)13-7-12(21)18(17(23)16(13)22)26-5-3-25(4-6-26)15(30)9-33-11(2)29/h7,31H,3-6,8-9H2,1-2H3,(H,24,28). The van der Waals surface area contributed by atoms with Crippen molar-refractivity contribution in [3.8, 4) is 11.6 Å². The fraction of sp³-hybridized carbons (Fsp3) is 0.400. The summed E-state index contributed by atoms with van der Waals surface area (Å²) in [6.07, 6.45) is 0. The number of nitrogens with one attached hydrogen (secondary N) is 1. The lowest BCUT2D eigenvalue weighted by Gasteiger charge is -2.36. The molecule has 0 aliphatic carbocycles. The molecule has 0 atom stereocenters. The van der Waals surface area contributed by atoms with Crippen LogP contribution in [0.1, 0.15) is 19.5 Å². The Hall–Kier alpha value is -3.97. The second kappa shape index (κ2) is 9.89. The van der Waals surface area contributed by atoms with E-state index in [2.05, 4.69) is 14.5 Å². The summed E-state index contributed by atoms with van der Waals surface area (Å²) in [4.78, 5) is 48.6. The summed E-state index contributed by atoms with van der Waals surface area (Å²) in [7, 11) is 0. The molecule has 2 aromatic rings. The van der Waals surface area contributed by atoms with E-state index in [0.717, 1.165) is 13.8 Å². The minimum Gasteiger partial charge on any atom is -0.479 e. The average Bonchev–Trinajstić information content (AvgIpc) is 3.06. The van der Waals surface area contributed by atoms with Gasteiger partial charge >= 0.3 is 17.7 Å². The molecule has 1 aromatic carbocycles. The Morgan fingerprint density at radius 2 is 1.76 bits per heavy atom. The molecule has 0 unspecified atom stereocenters. The highest BCUT2D eigenvalue weighted by Crippen LogP contribution is 2.32. The predicted molar refractivity (Wildman–Crippen MR) is 109 cm³/mol. The van der Waals surface area contributed by atoms with Crippen molar-refractivity contribution in [1.29, 1.82) is 0 Å². The molecule has 14 heteroatoms. The molecule has 0 saturated carbocycles. The first-order valence-electron chi connectivity index (χ1n) is 10.0. The van der Waals surface area contributed by atoms with E-state index in [1.807, 2.05) is 0 Å². The molecule has 184 valence electrons. The zero-order valence-corrected chi connectivity index (χ0v) is 18.2. The number of esters is 1. The van der Waals surface area contributed by atoms with Crippen LogP contribution in [0.4, 0.5) is 18.9 Å². The lowest BCUT2D eigenvalue weighted by molar-refractivity contribution is -0.150. The SMILES string of the molecule is CC(=O)NCc1c(O)oc(=O)n1-c1cc(F)c(N2CCN(C(=O)COC(C)=O)CC2)c(F)c1F. The monoisotopic (exact) mass is 486 g/mol. The summed E-state index contributed by atoms with van der Waals surface area (Å²) in [6.45, 7) is 1.36. The van der Waals surface area contributed by atoms with Crippen LogP contribution in [0.15, 0.2) is 15.3 Å². The van der Waals surface area contributed by atoms with Gasteiger partial charge in [0.1, 0.15) is 11.4 Å². The third-order valence-corrected chi connectivity index (χ3v) is 5.09. The van der Waals surface area contributed by atoms with E-state index in [1.54, 1.807) is 0 Å². The average molecular weight is 486 g/mol. The van der Waals surface area contributed by atoms with E-state index in [1.165, 1.54) is 9.80 Å². The van der Waals surface area contributed by atoms with Crippen LogP contribution < -0.4 is 16.0 Å². The van der Waals surface area contributed by atoms with Gasteiger partial charge in [0.15, 0.2) is 24.1 Å². The maximum atomic E-state index is 15.0. The van der Waals surface area contributed by atoms with E-state index in [-0.39, 0.29) is 26.2 Å². The Morgan fingerprint density at radius 1 is 1.12 bits per heavy atom. The molecule has 2 N–H and O–H groups in total. The van der Waals surface area contributed by atoms with Crippen LogP contribution in [0, 0.1) is 17.5 Å². The van der Waals surface area contributed by atoms with Gasteiger partial charge in [-0.3, -0.25) is 14.4 Å². The molecule has 2 amide bonds. The molecule has 0 spiro atoms. The summed E-state index contributed by atoms with van der Waals surface area (Å²) < 4.78 is 54.5. The fourth-order valence-corrected chi connectivity index (χ4v) is 3.46. The first kappa shape index (κ1) is 24.7. The molecule has 34 heavy (non-hydrogen) atoms. The first-order chi connectivity index (χ1) is 16.0. The van der Waals surface area contributed by atoms with E-state index in [0.29, 0.717) is 10.6 Å². The number of oxazole rings is 1. The highest BCUT2D eigenvalue weighted by atomic mass is 19.2. The van der Waals surface area contributed by atoms with E-state index >= 15 is 0 Å². The molecule has 1 saturated heterocycles. The van der Waals surface area contributed by atoms with Gasteiger partial charge in [0, 0.05) is 46.1 Å². The van der Waals surface area contributed by atoms with Gasteiger partial charge in [0.2, 0.25) is 5.91 Å². The second-order valence-corrected chi connectivity index (χ2v) is 7.37. The number of benzene rings is 1. The molecule has 3 rings (SSSR count). The number of aromatic hydroxyl groups is 1. The molecular weight excluding hydrogens is 465 g/mol. The van der Waals surface area contributed by atoms with Gasteiger partial charge in [-0.2, -0.15) is 0 Å².